The fourth-order valence-corrected chi connectivity index (χ4v) is 1.96. The second kappa shape index (κ2) is 10.6. The fraction of sp³-hybridized carbons (Fsp3) is 0.529. The summed E-state index contributed by atoms with van der Waals surface area (Å²) in [5, 5.41) is 14.8. The van der Waals surface area contributed by atoms with Crippen LogP contribution in [-0.4, -0.2) is 53.3 Å². The number of hydrogen-bond acceptors (Lipinski definition) is 4. The lowest BCUT2D eigenvalue weighted by molar-refractivity contribution is -0.159. The number of ether oxygens (including phenoxy) is 1. The Morgan fingerprint density at radius 1 is 1.00 bits per heavy atom. The van der Waals surface area contributed by atoms with E-state index in [0.717, 1.165) is 32.0 Å². The quantitative estimate of drug-likeness (QED) is 0.781. The zero-order valence-corrected chi connectivity index (χ0v) is 14.5. The van der Waals surface area contributed by atoms with Gasteiger partial charge in [-0.1, -0.05) is 26.0 Å². The van der Waals surface area contributed by atoms with Gasteiger partial charge in [-0.15, -0.1) is 0 Å². The highest BCUT2D eigenvalue weighted by Crippen LogP contribution is 2.25. The molecule has 0 aliphatic heterocycles. The van der Waals surface area contributed by atoms with Crippen molar-refractivity contribution >= 4 is 11.9 Å². The van der Waals surface area contributed by atoms with Gasteiger partial charge in [0.05, 0.1) is 0 Å². The minimum Gasteiger partial charge on any atom is -0.492 e. The van der Waals surface area contributed by atoms with Gasteiger partial charge in [0.1, 0.15) is 12.4 Å². The van der Waals surface area contributed by atoms with Crippen molar-refractivity contribution in [2.24, 2.45) is 0 Å². The van der Waals surface area contributed by atoms with Crippen LogP contribution in [0.25, 0.3) is 0 Å². The lowest BCUT2D eigenvalue weighted by Gasteiger charge is -2.19. The van der Waals surface area contributed by atoms with Gasteiger partial charge >= 0.3 is 11.9 Å². The Bertz CT molecular complexity index is 512. The van der Waals surface area contributed by atoms with Crippen LogP contribution in [0.4, 0.5) is 0 Å². The number of carbonyl (C=O) groups is 2. The first-order valence-corrected chi connectivity index (χ1v) is 7.62. The molecule has 6 heteroatoms. The summed E-state index contributed by atoms with van der Waals surface area (Å²) in [5.41, 5.74) is 3.80. The average molecular weight is 325 g/mol. The summed E-state index contributed by atoms with van der Waals surface area (Å²) in [6.45, 7) is 14.7. The molecule has 0 saturated carbocycles. The van der Waals surface area contributed by atoms with Crippen LogP contribution in [0.3, 0.4) is 0 Å². The van der Waals surface area contributed by atoms with Gasteiger partial charge in [-0.25, -0.2) is 9.59 Å². The van der Waals surface area contributed by atoms with E-state index < -0.39 is 11.9 Å². The van der Waals surface area contributed by atoms with Crippen LogP contribution < -0.4 is 4.74 Å². The summed E-state index contributed by atoms with van der Waals surface area (Å²) in [5.74, 6) is -2.58. The third-order valence-electron chi connectivity index (χ3n) is 3.60. The monoisotopic (exact) mass is 325 g/mol. The molecule has 0 aliphatic carbocycles. The Labute approximate surface area is 137 Å². The van der Waals surface area contributed by atoms with Crippen molar-refractivity contribution in [2.75, 3.05) is 26.2 Å². The molecular weight excluding hydrogens is 298 g/mol. The van der Waals surface area contributed by atoms with E-state index in [1.807, 2.05) is 0 Å². The van der Waals surface area contributed by atoms with E-state index in [0.29, 0.717) is 0 Å². The first kappa shape index (κ1) is 20.9. The Balaban J connectivity index is 0.000000688. The smallest absolute Gasteiger partial charge is 0.414 e. The number of carboxylic acid groups (broad SMARTS) is 2. The number of aliphatic carboxylic acids is 2. The largest absolute Gasteiger partial charge is 0.492 e. The maximum absolute atomic E-state index is 9.10. The Hall–Kier alpha value is -2.08. The zero-order chi connectivity index (χ0) is 18.0. The summed E-state index contributed by atoms with van der Waals surface area (Å²) in [6.07, 6.45) is 0. The number of carboxylic acids is 2. The molecule has 0 spiro atoms. The normalized spacial score (nSPS) is 10.0. The highest BCUT2D eigenvalue weighted by Gasteiger charge is 2.07. The molecule has 0 unspecified atom stereocenters. The van der Waals surface area contributed by atoms with E-state index in [9.17, 15) is 0 Å². The number of likely N-dealkylation sites (N-methyl/N-ethyl adjacent to an activating group) is 1. The summed E-state index contributed by atoms with van der Waals surface area (Å²) >= 11 is 0. The van der Waals surface area contributed by atoms with Crippen molar-refractivity contribution in [3.63, 3.8) is 0 Å². The molecule has 23 heavy (non-hydrogen) atoms. The van der Waals surface area contributed by atoms with Crippen LogP contribution in [0.1, 0.15) is 30.5 Å². The minimum absolute atomic E-state index is 0.771. The van der Waals surface area contributed by atoms with Crippen molar-refractivity contribution in [1.29, 1.82) is 0 Å². The van der Waals surface area contributed by atoms with Crippen molar-refractivity contribution in [2.45, 2.75) is 34.6 Å². The van der Waals surface area contributed by atoms with Gasteiger partial charge in [0.25, 0.3) is 0 Å². The fourth-order valence-electron chi connectivity index (χ4n) is 1.96. The van der Waals surface area contributed by atoms with Crippen molar-refractivity contribution in [3.8, 4) is 5.75 Å². The summed E-state index contributed by atoms with van der Waals surface area (Å²) < 4.78 is 5.94. The van der Waals surface area contributed by atoms with Gasteiger partial charge in [-0.3, -0.25) is 0 Å². The second-order valence-corrected chi connectivity index (χ2v) is 5.14. The predicted octanol–water partition coefficient (Wildman–Crippen LogP) is 2.49. The predicted molar refractivity (Wildman–Crippen MR) is 89.2 cm³/mol. The summed E-state index contributed by atoms with van der Waals surface area (Å²) in [4.78, 5) is 20.6. The maximum atomic E-state index is 9.10. The van der Waals surface area contributed by atoms with Gasteiger partial charge < -0.3 is 19.8 Å². The summed E-state index contributed by atoms with van der Waals surface area (Å²) in [6, 6.07) is 4.29. The molecule has 0 aromatic heterocycles. The van der Waals surface area contributed by atoms with Gasteiger partial charge in [0, 0.05) is 6.54 Å². The average Bonchev–Trinajstić information content (AvgIpc) is 2.51. The third kappa shape index (κ3) is 7.65. The van der Waals surface area contributed by atoms with Crippen molar-refractivity contribution < 1.29 is 24.5 Å². The van der Waals surface area contributed by atoms with Gasteiger partial charge in [-0.05, 0) is 50.6 Å². The Morgan fingerprint density at radius 3 is 1.91 bits per heavy atom. The number of benzene rings is 1. The molecule has 0 radical (unpaired) electrons. The minimum atomic E-state index is -1.82. The lowest BCUT2D eigenvalue weighted by atomic mass is 10.1. The number of rotatable bonds is 6. The zero-order valence-electron chi connectivity index (χ0n) is 14.5. The molecule has 0 bridgehead atoms. The Kier molecular flexibility index (Phi) is 9.65. The standard InChI is InChI=1S/C15H25NO.C2H2O4/c1-6-16(7-2)10-11-17-15-13(4)9-8-12(3)14(15)5;3-1(4)2(5)6/h8-9H,6-7,10-11H2,1-5H3;(H,3,4)(H,5,6). The van der Waals surface area contributed by atoms with E-state index in [4.69, 9.17) is 24.5 Å². The Morgan fingerprint density at radius 2 is 1.48 bits per heavy atom. The van der Waals surface area contributed by atoms with Crippen LogP contribution in [0.15, 0.2) is 12.1 Å². The molecule has 2 N–H and O–H groups in total. The molecule has 0 atom stereocenters. The summed E-state index contributed by atoms with van der Waals surface area (Å²) in [7, 11) is 0. The van der Waals surface area contributed by atoms with E-state index in [2.05, 4.69) is 51.7 Å². The second-order valence-electron chi connectivity index (χ2n) is 5.14. The molecule has 0 saturated heterocycles. The molecule has 0 heterocycles. The van der Waals surface area contributed by atoms with E-state index in [-0.39, 0.29) is 0 Å². The molecule has 1 aromatic rings. The van der Waals surface area contributed by atoms with Crippen LogP contribution in [-0.2, 0) is 9.59 Å². The topological polar surface area (TPSA) is 87.1 Å². The molecule has 130 valence electrons. The molecule has 6 nitrogen and oxygen atoms in total. The molecule has 0 fully saturated rings. The van der Waals surface area contributed by atoms with E-state index in [1.165, 1.54) is 16.7 Å². The first-order valence-electron chi connectivity index (χ1n) is 7.62. The van der Waals surface area contributed by atoms with Crippen molar-refractivity contribution in [1.82, 2.24) is 4.90 Å². The highest BCUT2D eigenvalue weighted by atomic mass is 16.5. The molecular formula is C17H27NO5. The SMILES string of the molecule is CCN(CC)CCOc1c(C)ccc(C)c1C.O=C(O)C(=O)O. The van der Waals surface area contributed by atoms with E-state index in [1.54, 1.807) is 0 Å². The number of aryl methyl sites for hydroxylation is 2. The van der Waals surface area contributed by atoms with Gasteiger partial charge in [0.15, 0.2) is 0 Å². The number of nitrogens with zero attached hydrogens (tertiary/aromatic N) is 1. The molecule has 0 amide bonds. The molecule has 1 aromatic carbocycles. The first-order chi connectivity index (χ1) is 10.7. The highest BCUT2D eigenvalue weighted by molar-refractivity contribution is 6.27. The maximum Gasteiger partial charge on any atom is 0.414 e. The van der Waals surface area contributed by atoms with Crippen LogP contribution in [0.2, 0.25) is 0 Å². The number of hydrogen-bond donors (Lipinski definition) is 2. The van der Waals surface area contributed by atoms with Crippen molar-refractivity contribution in [3.05, 3.63) is 28.8 Å². The van der Waals surface area contributed by atoms with Crippen LogP contribution in [0.5, 0.6) is 5.75 Å². The molecule has 1 rings (SSSR count). The molecule has 0 aliphatic rings. The van der Waals surface area contributed by atoms with Gasteiger partial charge in [-0.2, -0.15) is 0 Å². The van der Waals surface area contributed by atoms with Gasteiger partial charge in [0.2, 0.25) is 0 Å². The van der Waals surface area contributed by atoms with E-state index >= 15 is 0 Å². The lowest BCUT2D eigenvalue weighted by Crippen LogP contribution is -2.28. The van der Waals surface area contributed by atoms with Crippen LogP contribution >= 0.6 is 0 Å². The van der Waals surface area contributed by atoms with Crippen LogP contribution in [0, 0.1) is 20.8 Å². The third-order valence-corrected chi connectivity index (χ3v) is 3.60.